The van der Waals surface area contributed by atoms with Gasteiger partial charge in [0.15, 0.2) is 5.17 Å². The van der Waals surface area contributed by atoms with E-state index in [4.69, 9.17) is 4.74 Å². The lowest BCUT2D eigenvalue weighted by Crippen LogP contribution is -2.19. The van der Waals surface area contributed by atoms with Crippen LogP contribution in [0.25, 0.3) is 6.08 Å². The van der Waals surface area contributed by atoms with Crippen LogP contribution in [0.2, 0.25) is 0 Å². The highest BCUT2D eigenvalue weighted by atomic mass is 127. The number of ether oxygens (including phenoxy) is 1. The Morgan fingerprint density at radius 3 is 2.69 bits per heavy atom. The van der Waals surface area contributed by atoms with Gasteiger partial charge < -0.3 is 10.1 Å². The van der Waals surface area contributed by atoms with Crippen LogP contribution in [0, 0.1) is 20.7 Å². The Morgan fingerprint density at radius 1 is 1.16 bits per heavy atom. The predicted molar refractivity (Wildman–Crippen MR) is 132 cm³/mol. The Morgan fingerprint density at radius 2 is 1.94 bits per heavy atom. The van der Waals surface area contributed by atoms with Gasteiger partial charge in [-0.15, -0.1) is 0 Å². The number of nitrogens with zero attached hydrogens (tertiary/aromatic N) is 2. The van der Waals surface area contributed by atoms with Crippen LogP contribution in [-0.4, -0.2) is 11.1 Å². The highest BCUT2D eigenvalue weighted by Crippen LogP contribution is 2.30. The van der Waals surface area contributed by atoms with Gasteiger partial charge in [-0.1, -0.05) is 24.3 Å². The van der Waals surface area contributed by atoms with Crippen LogP contribution in [-0.2, 0) is 11.4 Å². The fourth-order valence-electron chi connectivity index (χ4n) is 2.90. The average molecular weight is 555 g/mol. The molecular formula is C24H15FIN3O2S. The molecule has 3 aromatic carbocycles. The molecule has 1 aliphatic heterocycles. The van der Waals surface area contributed by atoms with E-state index in [0.717, 1.165) is 14.7 Å². The molecule has 1 amide bonds. The molecule has 3 aromatic rings. The van der Waals surface area contributed by atoms with Crippen molar-refractivity contribution in [2.24, 2.45) is 4.99 Å². The first-order valence-corrected chi connectivity index (χ1v) is 11.4. The largest absolute Gasteiger partial charge is 0.488 e. The zero-order valence-electron chi connectivity index (χ0n) is 16.5. The van der Waals surface area contributed by atoms with Crippen molar-refractivity contribution >= 4 is 57.2 Å². The monoisotopic (exact) mass is 555 g/mol. The summed E-state index contributed by atoms with van der Waals surface area (Å²) in [5.74, 6) is 0.121. The van der Waals surface area contributed by atoms with Crippen molar-refractivity contribution in [2.75, 3.05) is 0 Å². The second kappa shape index (κ2) is 9.97. The molecular weight excluding hydrogens is 540 g/mol. The van der Waals surface area contributed by atoms with Crippen molar-refractivity contribution < 1.29 is 13.9 Å². The number of nitrogens with one attached hydrogen (secondary N) is 1. The molecule has 1 N–H and O–H groups in total. The molecule has 1 heterocycles. The summed E-state index contributed by atoms with van der Waals surface area (Å²) < 4.78 is 19.8. The quantitative estimate of drug-likeness (QED) is 0.321. The van der Waals surface area contributed by atoms with E-state index in [-0.39, 0.29) is 11.7 Å². The van der Waals surface area contributed by atoms with Crippen molar-refractivity contribution in [1.82, 2.24) is 5.32 Å². The molecule has 1 fully saturated rings. The molecule has 5 nitrogen and oxygen atoms in total. The number of hydrogen-bond acceptors (Lipinski definition) is 5. The van der Waals surface area contributed by atoms with Crippen LogP contribution in [0.5, 0.6) is 5.75 Å². The first-order chi connectivity index (χ1) is 15.5. The number of rotatable bonds is 5. The summed E-state index contributed by atoms with van der Waals surface area (Å²) in [4.78, 5) is 17.2. The van der Waals surface area contributed by atoms with Gasteiger partial charge >= 0.3 is 0 Å². The van der Waals surface area contributed by atoms with E-state index in [2.05, 4.69) is 39.0 Å². The number of carbonyl (C=O) groups excluding carboxylic acids is 1. The minimum Gasteiger partial charge on any atom is -0.488 e. The Labute approximate surface area is 202 Å². The lowest BCUT2D eigenvalue weighted by molar-refractivity contribution is -0.115. The molecule has 0 atom stereocenters. The first-order valence-electron chi connectivity index (χ1n) is 9.47. The van der Waals surface area contributed by atoms with Crippen LogP contribution >= 0.6 is 34.4 Å². The fourth-order valence-corrected chi connectivity index (χ4v) is 4.44. The molecule has 158 valence electrons. The zero-order valence-corrected chi connectivity index (χ0v) is 19.5. The van der Waals surface area contributed by atoms with Crippen LogP contribution in [0.15, 0.2) is 76.6 Å². The second-order valence-electron chi connectivity index (χ2n) is 6.71. The van der Waals surface area contributed by atoms with Crippen molar-refractivity contribution in [2.45, 2.75) is 6.61 Å². The fraction of sp³-hybridized carbons (Fsp3) is 0.0417. The third-order valence-electron chi connectivity index (χ3n) is 4.48. The van der Waals surface area contributed by atoms with E-state index in [9.17, 15) is 14.4 Å². The number of carbonyl (C=O) groups is 1. The average Bonchev–Trinajstić information content (AvgIpc) is 3.13. The van der Waals surface area contributed by atoms with Gasteiger partial charge in [-0.3, -0.25) is 4.79 Å². The molecule has 0 spiro atoms. The SMILES string of the molecule is N#Cc1ccccc1COc1ccc(C=C2SC(=Nc3ccc(F)cc3)NC2=O)cc1I. The number of halogens is 2. The van der Waals surface area contributed by atoms with Crippen LogP contribution in [0.3, 0.4) is 0 Å². The Balaban J connectivity index is 1.46. The smallest absolute Gasteiger partial charge is 0.264 e. The zero-order chi connectivity index (χ0) is 22.5. The minimum absolute atomic E-state index is 0.237. The van der Waals surface area contributed by atoms with Gasteiger partial charge in [0.05, 0.1) is 25.8 Å². The summed E-state index contributed by atoms with van der Waals surface area (Å²) in [5.41, 5.74) is 2.82. The standard InChI is InChI=1S/C24H15FIN3O2S/c25-18-6-8-19(9-7-18)28-24-29-23(30)22(32-24)12-15-5-10-21(20(26)11-15)31-14-17-4-2-1-3-16(17)13-27/h1-12H,14H2,(H,28,29,30). The first kappa shape index (κ1) is 22.0. The van der Waals surface area contributed by atoms with E-state index in [1.807, 2.05) is 36.4 Å². The molecule has 32 heavy (non-hydrogen) atoms. The number of benzene rings is 3. The van der Waals surface area contributed by atoms with E-state index in [1.165, 1.54) is 23.9 Å². The molecule has 0 saturated carbocycles. The summed E-state index contributed by atoms with van der Waals surface area (Å²) >= 11 is 3.41. The number of thioether (sulfide) groups is 1. The Bertz CT molecular complexity index is 1280. The van der Waals surface area contributed by atoms with Crippen molar-refractivity contribution in [3.8, 4) is 11.8 Å². The highest BCUT2D eigenvalue weighted by molar-refractivity contribution is 14.1. The van der Waals surface area contributed by atoms with Gasteiger partial charge in [-0.2, -0.15) is 5.26 Å². The van der Waals surface area contributed by atoms with Gasteiger partial charge in [0.25, 0.3) is 5.91 Å². The Kier molecular flexibility index (Phi) is 6.87. The van der Waals surface area contributed by atoms with Crippen LogP contribution in [0.4, 0.5) is 10.1 Å². The van der Waals surface area contributed by atoms with E-state index in [0.29, 0.717) is 33.7 Å². The number of amidine groups is 1. The molecule has 0 unspecified atom stereocenters. The van der Waals surface area contributed by atoms with Gasteiger partial charge in [0.1, 0.15) is 18.2 Å². The van der Waals surface area contributed by atoms with Gasteiger partial charge in [0.2, 0.25) is 0 Å². The molecule has 0 radical (unpaired) electrons. The molecule has 0 bridgehead atoms. The van der Waals surface area contributed by atoms with E-state index in [1.54, 1.807) is 24.3 Å². The molecule has 0 aromatic heterocycles. The number of aliphatic imine (C=N–C) groups is 1. The van der Waals surface area contributed by atoms with Crippen molar-refractivity contribution in [3.05, 3.63) is 97.7 Å². The molecule has 8 heteroatoms. The summed E-state index contributed by atoms with van der Waals surface area (Å²) in [6, 6.07) is 20.9. The van der Waals surface area contributed by atoms with Crippen LogP contribution in [0.1, 0.15) is 16.7 Å². The summed E-state index contributed by atoms with van der Waals surface area (Å²) in [6.07, 6.45) is 1.78. The van der Waals surface area contributed by atoms with Gasteiger partial charge in [-0.05, 0) is 88.5 Å². The summed E-state index contributed by atoms with van der Waals surface area (Å²) in [5, 5.41) is 12.4. The lowest BCUT2D eigenvalue weighted by atomic mass is 10.1. The second-order valence-corrected chi connectivity index (χ2v) is 8.90. The van der Waals surface area contributed by atoms with Crippen LogP contribution < -0.4 is 10.1 Å². The van der Waals surface area contributed by atoms with Gasteiger partial charge in [-0.25, -0.2) is 9.38 Å². The van der Waals surface area contributed by atoms with E-state index >= 15 is 0 Å². The Hall–Kier alpha value is -3.16. The summed E-state index contributed by atoms with van der Waals surface area (Å²) in [7, 11) is 0. The topological polar surface area (TPSA) is 74.5 Å². The molecule has 4 rings (SSSR count). The predicted octanol–water partition coefficient (Wildman–Crippen LogP) is 5.77. The minimum atomic E-state index is -0.339. The van der Waals surface area contributed by atoms with Gasteiger partial charge in [0, 0.05) is 5.56 Å². The highest BCUT2D eigenvalue weighted by Gasteiger charge is 2.24. The molecule has 1 aliphatic rings. The third kappa shape index (κ3) is 5.36. The normalized spacial score (nSPS) is 15.6. The lowest BCUT2D eigenvalue weighted by Gasteiger charge is -2.10. The third-order valence-corrected chi connectivity index (χ3v) is 6.24. The maximum absolute atomic E-state index is 13.0. The number of nitriles is 1. The number of amides is 1. The van der Waals surface area contributed by atoms with E-state index < -0.39 is 0 Å². The molecule has 0 aliphatic carbocycles. The number of hydrogen-bond donors (Lipinski definition) is 1. The maximum Gasteiger partial charge on any atom is 0.264 e. The van der Waals surface area contributed by atoms with Crippen molar-refractivity contribution in [1.29, 1.82) is 5.26 Å². The van der Waals surface area contributed by atoms with Crippen molar-refractivity contribution in [3.63, 3.8) is 0 Å². The maximum atomic E-state index is 13.0. The molecule has 1 saturated heterocycles. The summed E-state index contributed by atoms with van der Waals surface area (Å²) in [6.45, 7) is 0.293.